The van der Waals surface area contributed by atoms with Gasteiger partial charge in [0.1, 0.15) is 11.7 Å². The topological polar surface area (TPSA) is 83.9 Å². The monoisotopic (exact) mass is 456 g/mol. The van der Waals surface area contributed by atoms with Crippen LogP contribution >= 0.6 is 9.47 Å². The van der Waals surface area contributed by atoms with Gasteiger partial charge in [0, 0.05) is 31.9 Å². The number of aromatic nitrogens is 1. The summed E-state index contributed by atoms with van der Waals surface area (Å²) >= 11 is 0. The van der Waals surface area contributed by atoms with Gasteiger partial charge in [0.05, 0.1) is 16.0 Å². The molecule has 1 N–H and O–H groups in total. The second kappa shape index (κ2) is 9.43. The fourth-order valence-electron chi connectivity index (χ4n) is 4.88. The number of fused-ring (bicyclic) bond motifs is 4. The van der Waals surface area contributed by atoms with Crippen LogP contribution in [0.5, 0.6) is 5.75 Å². The van der Waals surface area contributed by atoms with Gasteiger partial charge in [-0.15, -0.1) is 0 Å². The van der Waals surface area contributed by atoms with Gasteiger partial charge in [-0.3, -0.25) is 19.3 Å². The zero-order valence-electron chi connectivity index (χ0n) is 18.3. The summed E-state index contributed by atoms with van der Waals surface area (Å²) in [5.41, 5.74) is 0.515. The van der Waals surface area contributed by atoms with E-state index < -0.39 is 11.3 Å². The lowest BCUT2D eigenvalue weighted by Gasteiger charge is -2.48. The van der Waals surface area contributed by atoms with Crippen LogP contribution < -0.4 is 15.3 Å². The van der Waals surface area contributed by atoms with E-state index in [2.05, 4.69) is 16.8 Å². The first-order valence-electron chi connectivity index (χ1n) is 10.9. The third kappa shape index (κ3) is 4.05. The first-order chi connectivity index (χ1) is 15.5. The van der Waals surface area contributed by atoms with E-state index in [0.717, 1.165) is 31.4 Å². The number of hydrogen-bond acceptors (Lipinski definition) is 5. The summed E-state index contributed by atoms with van der Waals surface area (Å²) < 4.78 is 6.99. The summed E-state index contributed by atoms with van der Waals surface area (Å²) in [7, 11) is 2.04. The van der Waals surface area contributed by atoms with Crippen molar-refractivity contribution in [1.29, 1.82) is 0 Å². The van der Waals surface area contributed by atoms with Gasteiger partial charge in [-0.05, 0) is 26.2 Å². The molecule has 1 aromatic rings. The van der Waals surface area contributed by atoms with Crippen LogP contribution in [-0.2, 0) is 6.54 Å². The van der Waals surface area contributed by atoms with Crippen molar-refractivity contribution >= 4 is 21.3 Å². The molecule has 3 aliphatic rings. The molecule has 3 aliphatic heterocycles. The standard InChI is InChI=1S/C23H29N4O4P/c1-3-4-5-7-15(2)12-24-22(29)17-13-25-14-18-26-10-6-8-16(26)9-11-27(18)23(30)19(25)21(31-32)20(17)28/h3-5,7,13,16,18H,1,6,8-12,14,32H2,2H3,(H,24,29)/b5-4-,15-7+/t16-,18-/m1/s1. The maximum atomic E-state index is 13.3. The Balaban J connectivity index is 1.64. The summed E-state index contributed by atoms with van der Waals surface area (Å²) in [5.74, 6) is -0.816. The second-order valence-electron chi connectivity index (χ2n) is 8.44. The molecule has 9 heteroatoms. The van der Waals surface area contributed by atoms with Crippen molar-refractivity contribution in [2.75, 3.05) is 19.6 Å². The molecular weight excluding hydrogens is 427 g/mol. The van der Waals surface area contributed by atoms with Gasteiger partial charge in [-0.1, -0.05) is 36.5 Å². The van der Waals surface area contributed by atoms with Crippen molar-refractivity contribution in [3.8, 4) is 5.75 Å². The van der Waals surface area contributed by atoms with E-state index in [0.29, 0.717) is 25.7 Å². The van der Waals surface area contributed by atoms with E-state index in [9.17, 15) is 14.4 Å². The number of nitrogens with zero attached hydrogens (tertiary/aromatic N) is 3. The molecule has 0 radical (unpaired) electrons. The molecule has 2 amide bonds. The molecule has 0 aromatic carbocycles. The number of hydrogen-bond donors (Lipinski definition) is 1. The summed E-state index contributed by atoms with van der Waals surface area (Å²) in [6.07, 6.45) is 11.8. The highest BCUT2D eigenvalue weighted by Crippen LogP contribution is 2.34. The molecule has 3 atom stereocenters. The van der Waals surface area contributed by atoms with Crippen LogP contribution in [0.25, 0.3) is 0 Å². The molecule has 0 saturated carbocycles. The fraction of sp³-hybridized carbons (Fsp3) is 0.435. The third-order valence-electron chi connectivity index (χ3n) is 6.45. The van der Waals surface area contributed by atoms with E-state index in [1.165, 1.54) is 6.20 Å². The summed E-state index contributed by atoms with van der Waals surface area (Å²) in [5, 5.41) is 2.78. The van der Waals surface area contributed by atoms with Crippen molar-refractivity contribution in [1.82, 2.24) is 19.7 Å². The van der Waals surface area contributed by atoms with Crippen LogP contribution in [0.1, 0.15) is 47.0 Å². The fourth-order valence-corrected chi connectivity index (χ4v) is 5.09. The number of nitrogens with one attached hydrogen (secondary N) is 1. The molecule has 4 heterocycles. The van der Waals surface area contributed by atoms with Crippen LogP contribution in [0.2, 0.25) is 0 Å². The van der Waals surface area contributed by atoms with E-state index in [1.807, 2.05) is 33.4 Å². The smallest absolute Gasteiger partial charge is 0.275 e. The van der Waals surface area contributed by atoms with Gasteiger partial charge < -0.3 is 19.3 Å². The molecule has 0 spiro atoms. The molecule has 1 unspecified atom stereocenters. The van der Waals surface area contributed by atoms with E-state index in [1.54, 1.807) is 16.7 Å². The minimum Gasteiger partial charge on any atom is -0.474 e. The number of allylic oxidation sites excluding steroid dienone is 4. The summed E-state index contributed by atoms with van der Waals surface area (Å²) in [4.78, 5) is 43.4. The Labute approximate surface area is 189 Å². The third-order valence-corrected chi connectivity index (χ3v) is 6.68. The van der Waals surface area contributed by atoms with E-state index in [4.69, 9.17) is 4.52 Å². The highest BCUT2D eigenvalue weighted by molar-refractivity contribution is 7.10. The van der Waals surface area contributed by atoms with Gasteiger partial charge in [-0.25, -0.2) is 0 Å². The average Bonchev–Trinajstić information content (AvgIpc) is 3.27. The zero-order valence-corrected chi connectivity index (χ0v) is 19.4. The van der Waals surface area contributed by atoms with Crippen molar-refractivity contribution in [2.24, 2.45) is 0 Å². The lowest BCUT2D eigenvalue weighted by atomic mass is 10.0. The average molecular weight is 456 g/mol. The quantitative estimate of drug-likeness (QED) is 0.524. The lowest BCUT2D eigenvalue weighted by Crippen LogP contribution is -2.62. The molecule has 0 aliphatic carbocycles. The van der Waals surface area contributed by atoms with Gasteiger partial charge in [0.2, 0.25) is 5.43 Å². The number of rotatable bonds is 6. The van der Waals surface area contributed by atoms with Gasteiger partial charge in [-0.2, -0.15) is 0 Å². The Morgan fingerprint density at radius 3 is 2.88 bits per heavy atom. The molecular formula is C23H29N4O4P. The number of pyridine rings is 1. The number of carbonyl (C=O) groups is 2. The molecule has 2 saturated heterocycles. The van der Waals surface area contributed by atoms with E-state index >= 15 is 0 Å². The highest BCUT2D eigenvalue weighted by atomic mass is 31.0. The minimum absolute atomic E-state index is 0.0318. The Hall–Kier alpha value is -2.70. The summed E-state index contributed by atoms with van der Waals surface area (Å²) in [6.45, 7) is 7.93. The van der Waals surface area contributed by atoms with Crippen LogP contribution in [0.15, 0.2) is 47.4 Å². The predicted molar refractivity (Wildman–Crippen MR) is 126 cm³/mol. The Kier molecular flexibility index (Phi) is 6.63. The maximum Gasteiger partial charge on any atom is 0.275 e. The highest BCUT2D eigenvalue weighted by Gasteiger charge is 2.45. The number of amides is 2. The Morgan fingerprint density at radius 1 is 1.31 bits per heavy atom. The molecule has 8 nitrogen and oxygen atoms in total. The molecule has 4 rings (SSSR count). The van der Waals surface area contributed by atoms with Crippen molar-refractivity contribution in [2.45, 2.75) is 44.9 Å². The minimum atomic E-state index is -0.584. The van der Waals surface area contributed by atoms with Crippen LogP contribution in [-0.4, -0.2) is 58.0 Å². The normalized spacial score (nSPS) is 23.0. The molecule has 0 bridgehead atoms. The molecule has 32 heavy (non-hydrogen) atoms. The van der Waals surface area contributed by atoms with Crippen LogP contribution in [0, 0.1) is 0 Å². The van der Waals surface area contributed by atoms with Gasteiger partial charge >= 0.3 is 0 Å². The molecule has 170 valence electrons. The first kappa shape index (κ1) is 22.5. The van der Waals surface area contributed by atoms with Gasteiger partial charge in [0.25, 0.3) is 11.8 Å². The van der Waals surface area contributed by atoms with Gasteiger partial charge in [0.15, 0.2) is 11.4 Å². The largest absolute Gasteiger partial charge is 0.474 e. The number of carbonyl (C=O) groups excluding carboxylic acids is 2. The van der Waals surface area contributed by atoms with Crippen LogP contribution in [0.3, 0.4) is 0 Å². The predicted octanol–water partition coefficient (Wildman–Crippen LogP) is 2.09. The van der Waals surface area contributed by atoms with Crippen LogP contribution in [0.4, 0.5) is 0 Å². The van der Waals surface area contributed by atoms with Crippen molar-refractivity contribution in [3.05, 3.63) is 64.1 Å². The van der Waals surface area contributed by atoms with Crippen molar-refractivity contribution in [3.63, 3.8) is 0 Å². The van der Waals surface area contributed by atoms with Crippen molar-refractivity contribution < 1.29 is 14.1 Å². The Bertz CT molecular complexity index is 1060. The summed E-state index contributed by atoms with van der Waals surface area (Å²) in [6, 6.07) is 0.495. The maximum absolute atomic E-state index is 13.3. The molecule has 2 fully saturated rings. The van der Waals surface area contributed by atoms with E-state index in [-0.39, 0.29) is 29.1 Å². The Morgan fingerprint density at radius 2 is 2.12 bits per heavy atom. The molecule has 1 aromatic heterocycles. The zero-order chi connectivity index (χ0) is 22.8. The first-order valence-corrected chi connectivity index (χ1v) is 11.4. The SMILES string of the molecule is C=C/C=C\C=C(/C)CNC(=O)c1cn2c(c(OP)c1=O)C(=O)N1CC[C@H]3CCCN3[C@H]1C2. The second-order valence-corrected chi connectivity index (χ2v) is 8.67. The lowest BCUT2D eigenvalue weighted by molar-refractivity contribution is -0.0209.